The zero-order chi connectivity index (χ0) is 24.1. The van der Waals surface area contributed by atoms with E-state index in [4.69, 9.17) is 28.9 Å². The van der Waals surface area contributed by atoms with Crippen LogP contribution < -0.4 is 15.5 Å². The molecule has 0 aliphatic carbocycles. The molecule has 1 heterocycles. The van der Waals surface area contributed by atoms with Gasteiger partial charge in [-0.3, -0.25) is 9.59 Å². The molecule has 1 fully saturated rings. The fourth-order valence-electron chi connectivity index (χ4n) is 3.02. The predicted molar refractivity (Wildman–Crippen MR) is 139 cm³/mol. The van der Waals surface area contributed by atoms with Gasteiger partial charge in [0.05, 0.1) is 21.4 Å². The molecule has 10 heteroatoms. The number of allylic oxidation sites excluding steroid dienone is 1. The molecule has 2 aromatic rings. The second-order valence-corrected chi connectivity index (χ2v) is 9.51. The smallest absolute Gasteiger partial charge is 0.247 e. The van der Waals surface area contributed by atoms with E-state index in [1.54, 1.807) is 13.0 Å². The average Bonchev–Trinajstić information content (AvgIpc) is 3.05. The van der Waals surface area contributed by atoms with E-state index in [9.17, 15) is 9.59 Å². The van der Waals surface area contributed by atoms with Crippen molar-refractivity contribution in [3.63, 3.8) is 0 Å². The first kappa shape index (κ1) is 24.8. The maximum atomic E-state index is 12.8. The minimum atomic E-state index is -0.683. The van der Waals surface area contributed by atoms with E-state index >= 15 is 0 Å². The number of imide groups is 1. The van der Waals surface area contributed by atoms with Crippen LogP contribution in [0, 0.1) is 0 Å². The topological polar surface area (TPSA) is 91.4 Å². The van der Waals surface area contributed by atoms with Crippen molar-refractivity contribution in [1.29, 1.82) is 0 Å². The van der Waals surface area contributed by atoms with Crippen LogP contribution in [0.5, 0.6) is 0 Å². The third-order valence-corrected chi connectivity index (χ3v) is 6.48. The number of amides is 2. The van der Waals surface area contributed by atoms with E-state index in [1.807, 2.05) is 55.4 Å². The molecule has 0 aromatic heterocycles. The molecule has 0 saturated carbocycles. The minimum absolute atomic E-state index is 0.00546. The first-order valence-electron chi connectivity index (χ1n) is 9.97. The molecule has 172 valence electrons. The summed E-state index contributed by atoms with van der Waals surface area (Å²) in [5.41, 5.74) is 9.10. The Bertz CT molecular complexity index is 1150. The van der Waals surface area contributed by atoms with Gasteiger partial charge in [0, 0.05) is 26.2 Å². The second-order valence-electron chi connectivity index (χ2n) is 7.48. The lowest BCUT2D eigenvalue weighted by Gasteiger charge is -2.15. The van der Waals surface area contributed by atoms with E-state index in [1.165, 1.54) is 12.1 Å². The fourth-order valence-corrected chi connectivity index (χ4v) is 4.13. The number of amidine groups is 1. The largest absolute Gasteiger partial charge is 0.378 e. The summed E-state index contributed by atoms with van der Waals surface area (Å²) in [6, 6.07) is 12.7. The lowest BCUT2D eigenvalue weighted by atomic mass is 10.2. The molecule has 1 atom stereocenters. The van der Waals surface area contributed by atoms with Gasteiger partial charge in [0.1, 0.15) is 5.25 Å². The van der Waals surface area contributed by atoms with Gasteiger partial charge in [-0.15, -0.1) is 5.10 Å². The second kappa shape index (κ2) is 10.9. The third kappa shape index (κ3) is 6.37. The Hall–Kier alpha value is -2.81. The number of benzene rings is 2. The molecule has 0 radical (unpaired) electrons. The number of carbonyl (C=O) groups excluding carboxylic acids is 2. The van der Waals surface area contributed by atoms with Gasteiger partial charge in [-0.2, -0.15) is 5.10 Å². The van der Waals surface area contributed by atoms with Gasteiger partial charge >= 0.3 is 0 Å². The summed E-state index contributed by atoms with van der Waals surface area (Å²) in [7, 11) is 3.98. The fraction of sp³-hybridized carbons (Fsp3) is 0.217. The van der Waals surface area contributed by atoms with Gasteiger partial charge in [-0.05, 0) is 48.9 Å². The number of nitrogens with zero attached hydrogens (tertiary/aromatic N) is 4. The SMILES string of the molecule is CC(/C=C/c1ccc(N(C)C)cc1)=N/N=C(N)S[C@@H]1CC(=O)N(c2ccc(Cl)c(Cl)c2)C1=O. The normalized spacial score (nSPS) is 17.4. The van der Waals surface area contributed by atoms with Crippen LogP contribution in [-0.4, -0.2) is 42.0 Å². The number of rotatable bonds is 6. The van der Waals surface area contributed by atoms with Crippen molar-refractivity contribution in [3.8, 4) is 0 Å². The minimum Gasteiger partial charge on any atom is -0.378 e. The highest BCUT2D eigenvalue weighted by Crippen LogP contribution is 2.33. The number of halogens is 2. The number of hydrogen-bond acceptors (Lipinski definition) is 6. The van der Waals surface area contributed by atoms with Crippen molar-refractivity contribution < 1.29 is 9.59 Å². The van der Waals surface area contributed by atoms with E-state index in [-0.39, 0.29) is 28.4 Å². The molecule has 2 N–H and O–H groups in total. The summed E-state index contributed by atoms with van der Waals surface area (Å²) in [4.78, 5) is 28.3. The Kier molecular flexibility index (Phi) is 8.18. The molecule has 1 saturated heterocycles. The Labute approximate surface area is 206 Å². The molecular weight excluding hydrogens is 481 g/mol. The van der Waals surface area contributed by atoms with Crippen LogP contribution in [-0.2, 0) is 9.59 Å². The van der Waals surface area contributed by atoms with Crippen molar-refractivity contribution in [2.45, 2.75) is 18.6 Å². The molecule has 1 aliphatic rings. The number of carbonyl (C=O) groups is 2. The summed E-state index contributed by atoms with van der Waals surface area (Å²) in [6.07, 6.45) is 3.75. The Morgan fingerprint density at radius 1 is 1.12 bits per heavy atom. The highest BCUT2D eigenvalue weighted by molar-refractivity contribution is 8.14. The Balaban J connectivity index is 1.62. The standard InChI is InChI=1S/C23H23Cl2N5O2S/c1-14(4-5-15-6-8-16(9-7-15)29(2)3)27-28-23(26)33-20-13-21(31)30(22(20)32)17-10-11-18(24)19(25)12-17/h4-12,20H,13H2,1-3H3,(H2,26,28)/b5-4+,27-14-/t20-/m1/s1. The Morgan fingerprint density at radius 2 is 1.82 bits per heavy atom. The van der Waals surface area contributed by atoms with Crippen LogP contribution in [0.3, 0.4) is 0 Å². The summed E-state index contributed by atoms with van der Waals surface area (Å²) in [5.74, 6) is -0.727. The van der Waals surface area contributed by atoms with Crippen molar-refractivity contribution >= 4 is 75.1 Å². The van der Waals surface area contributed by atoms with Gasteiger partial charge < -0.3 is 10.6 Å². The van der Waals surface area contributed by atoms with Crippen LogP contribution in [0.2, 0.25) is 10.0 Å². The Morgan fingerprint density at radius 3 is 2.45 bits per heavy atom. The molecule has 0 unspecified atom stereocenters. The quantitative estimate of drug-likeness (QED) is 0.263. The maximum absolute atomic E-state index is 12.8. The van der Waals surface area contributed by atoms with E-state index < -0.39 is 5.25 Å². The summed E-state index contributed by atoms with van der Waals surface area (Å²) in [6.45, 7) is 1.79. The molecule has 2 amide bonds. The first-order chi connectivity index (χ1) is 15.7. The zero-order valence-electron chi connectivity index (χ0n) is 18.3. The molecule has 7 nitrogen and oxygen atoms in total. The van der Waals surface area contributed by atoms with Crippen LogP contribution in [0.4, 0.5) is 11.4 Å². The van der Waals surface area contributed by atoms with Crippen LogP contribution in [0.25, 0.3) is 6.08 Å². The highest BCUT2D eigenvalue weighted by atomic mass is 35.5. The molecule has 0 spiro atoms. The van der Waals surface area contributed by atoms with Crippen molar-refractivity contribution in [2.24, 2.45) is 15.9 Å². The van der Waals surface area contributed by atoms with Gasteiger partial charge in [0.25, 0.3) is 0 Å². The predicted octanol–water partition coefficient (Wildman–Crippen LogP) is 4.83. The van der Waals surface area contributed by atoms with Crippen LogP contribution in [0.1, 0.15) is 18.9 Å². The van der Waals surface area contributed by atoms with Gasteiger partial charge in [-0.1, -0.05) is 53.2 Å². The van der Waals surface area contributed by atoms with Crippen molar-refractivity contribution in [1.82, 2.24) is 0 Å². The third-order valence-electron chi connectivity index (χ3n) is 4.76. The molecule has 1 aliphatic heterocycles. The van der Waals surface area contributed by atoms with Gasteiger partial charge in [-0.25, -0.2) is 4.90 Å². The highest BCUT2D eigenvalue weighted by Gasteiger charge is 2.40. The molecule has 3 rings (SSSR count). The molecule has 0 bridgehead atoms. The summed E-state index contributed by atoms with van der Waals surface area (Å²) >= 11 is 12.9. The lowest BCUT2D eigenvalue weighted by Crippen LogP contribution is -2.31. The van der Waals surface area contributed by atoms with Crippen molar-refractivity contribution in [3.05, 3.63) is 64.1 Å². The van der Waals surface area contributed by atoms with Gasteiger partial charge in [0.15, 0.2) is 5.17 Å². The van der Waals surface area contributed by atoms with E-state index in [0.29, 0.717) is 16.4 Å². The monoisotopic (exact) mass is 503 g/mol. The molecular formula is C23H23Cl2N5O2S. The van der Waals surface area contributed by atoms with E-state index in [0.717, 1.165) is 27.9 Å². The summed E-state index contributed by atoms with van der Waals surface area (Å²) in [5, 5.41) is 8.10. The number of nitrogens with two attached hydrogens (primary N) is 1. The van der Waals surface area contributed by atoms with Crippen LogP contribution in [0.15, 0.2) is 58.7 Å². The molecule has 2 aromatic carbocycles. The zero-order valence-corrected chi connectivity index (χ0v) is 20.7. The number of thioether (sulfide) groups is 1. The first-order valence-corrected chi connectivity index (χ1v) is 11.6. The van der Waals surface area contributed by atoms with Gasteiger partial charge in [0.2, 0.25) is 11.8 Å². The number of anilines is 2. The lowest BCUT2D eigenvalue weighted by molar-refractivity contribution is -0.121. The van der Waals surface area contributed by atoms with Crippen molar-refractivity contribution in [2.75, 3.05) is 23.9 Å². The maximum Gasteiger partial charge on any atom is 0.247 e. The van der Waals surface area contributed by atoms with Crippen LogP contribution >= 0.6 is 35.0 Å². The summed E-state index contributed by atoms with van der Waals surface area (Å²) < 4.78 is 0. The molecule has 33 heavy (non-hydrogen) atoms. The number of hydrogen-bond donors (Lipinski definition) is 1. The average molecular weight is 504 g/mol. The van der Waals surface area contributed by atoms with E-state index in [2.05, 4.69) is 10.2 Å².